The van der Waals surface area contributed by atoms with E-state index in [1.807, 2.05) is 13.8 Å². The van der Waals surface area contributed by atoms with Crippen molar-refractivity contribution in [2.75, 3.05) is 19.0 Å². The molecule has 0 aliphatic heterocycles. The van der Waals surface area contributed by atoms with E-state index >= 15 is 0 Å². The smallest absolute Gasteiger partial charge is 0.224 e. The number of hydrogen-bond acceptors (Lipinski definition) is 2. The molecule has 15 heavy (non-hydrogen) atoms. The first-order valence-corrected chi connectivity index (χ1v) is 6.03. The lowest BCUT2D eigenvalue weighted by molar-refractivity contribution is -0.124. The molecule has 1 amide bonds. The molecule has 1 unspecified atom stereocenters. The molecule has 0 saturated carbocycles. The van der Waals surface area contributed by atoms with Gasteiger partial charge in [0.1, 0.15) is 0 Å². The second-order valence-corrected chi connectivity index (χ2v) is 4.45. The van der Waals surface area contributed by atoms with Crippen LogP contribution in [-0.2, 0) is 4.79 Å². The van der Waals surface area contributed by atoms with Crippen LogP contribution in [0.2, 0.25) is 0 Å². The van der Waals surface area contributed by atoms with Crippen LogP contribution < -0.4 is 5.32 Å². The van der Waals surface area contributed by atoms with E-state index < -0.39 is 0 Å². The first kappa shape index (κ1) is 14.7. The second kappa shape index (κ2) is 7.07. The second-order valence-electron chi connectivity index (χ2n) is 4.14. The molecule has 0 aromatic rings. The molecule has 0 aliphatic rings. The Morgan fingerprint density at radius 1 is 1.47 bits per heavy atom. The zero-order valence-corrected chi connectivity index (χ0v) is 10.6. The van der Waals surface area contributed by atoms with E-state index in [2.05, 4.69) is 5.32 Å². The zero-order chi connectivity index (χ0) is 11.9. The highest BCUT2D eigenvalue weighted by Crippen LogP contribution is 2.24. The molecule has 0 saturated heterocycles. The minimum absolute atomic E-state index is 0.0373. The van der Waals surface area contributed by atoms with Gasteiger partial charge >= 0.3 is 0 Å². The van der Waals surface area contributed by atoms with Crippen LogP contribution in [0, 0.1) is 11.3 Å². The van der Waals surface area contributed by atoms with Crippen LogP contribution in [0.4, 0.5) is 0 Å². The van der Waals surface area contributed by atoms with Crippen molar-refractivity contribution in [1.29, 1.82) is 0 Å². The summed E-state index contributed by atoms with van der Waals surface area (Å²) in [5, 5.41) is 12.2. The Labute approximate surface area is 97.2 Å². The van der Waals surface area contributed by atoms with Gasteiger partial charge in [-0.05, 0) is 12.8 Å². The molecular weight excluding hydrogens is 214 g/mol. The van der Waals surface area contributed by atoms with Crippen molar-refractivity contribution >= 4 is 17.5 Å². The lowest BCUT2D eigenvalue weighted by atomic mass is 9.83. The van der Waals surface area contributed by atoms with Gasteiger partial charge in [0.15, 0.2) is 0 Å². The third-order valence-corrected chi connectivity index (χ3v) is 3.61. The van der Waals surface area contributed by atoms with E-state index in [-0.39, 0.29) is 23.8 Å². The third kappa shape index (κ3) is 4.39. The molecule has 90 valence electrons. The van der Waals surface area contributed by atoms with Crippen LogP contribution in [0.5, 0.6) is 0 Å². The number of aliphatic hydroxyl groups excluding tert-OH is 1. The van der Waals surface area contributed by atoms with Gasteiger partial charge in [0, 0.05) is 23.8 Å². The van der Waals surface area contributed by atoms with Crippen molar-refractivity contribution in [3.8, 4) is 0 Å². The van der Waals surface area contributed by atoms with E-state index in [0.717, 1.165) is 12.8 Å². The van der Waals surface area contributed by atoms with Gasteiger partial charge in [-0.3, -0.25) is 4.79 Å². The topological polar surface area (TPSA) is 49.3 Å². The van der Waals surface area contributed by atoms with Crippen molar-refractivity contribution in [2.24, 2.45) is 11.3 Å². The van der Waals surface area contributed by atoms with Gasteiger partial charge in [-0.25, -0.2) is 0 Å². The number of halogens is 1. The fraction of sp³-hybridized carbons (Fsp3) is 0.909. The minimum Gasteiger partial charge on any atom is -0.396 e. The number of rotatable bonds is 7. The van der Waals surface area contributed by atoms with Gasteiger partial charge in [0.05, 0.1) is 6.61 Å². The fourth-order valence-electron chi connectivity index (χ4n) is 1.30. The van der Waals surface area contributed by atoms with Gasteiger partial charge in [-0.1, -0.05) is 20.8 Å². The van der Waals surface area contributed by atoms with Crippen LogP contribution in [0.15, 0.2) is 0 Å². The van der Waals surface area contributed by atoms with Crippen LogP contribution in [0.25, 0.3) is 0 Å². The quantitative estimate of drug-likeness (QED) is 0.661. The summed E-state index contributed by atoms with van der Waals surface area (Å²) in [4.78, 5) is 11.5. The Morgan fingerprint density at radius 2 is 2.00 bits per heavy atom. The molecule has 2 N–H and O–H groups in total. The molecule has 1 atom stereocenters. The maximum atomic E-state index is 11.5. The summed E-state index contributed by atoms with van der Waals surface area (Å²) in [6, 6.07) is 0. The molecule has 0 radical (unpaired) electrons. The number of amides is 1. The fourth-order valence-corrected chi connectivity index (χ4v) is 1.44. The summed E-state index contributed by atoms with van der Waals surface area (Å²) in [5.41, 5.74) is -0.179. The summed E-state index contributed by atoms with van der Waals surface area (Å²) in [5.74, 6) is 0.123. The normalized spacial score (nSPS) is 13.7. The zero-order valence-electron chi connectivity index (χ0n) is 9.85. The Kier molecular flexibility index (Phi) is 6.94. The Bertz CT molecular complexity index is 185. The lowest BCUT2D eigenvalue weighted by Crippen LogP contribution is -2.41. The van der Waals surface area contributed by atoms with E-state index in [0.29, 0.717) is 12.4 Å². The molecule has 4 heteroatoms. The van der Waals surface area contributed by atoms with Gasteiger partial charge < -0.3 is 10.4 Å². The lowest BCUT2D eigenvalue weighted by Gasteiger charge is -2.29. The van der Waals surface area contributed by atoms with E-state index in [4.69, 9.17) is 11.6 Å². The number of nitrogens with one attached hydrogen (secondary N) is 1. The van der Waals surface area contributed by atoms with Crippen molar-refractivity contribution in [3.63, 3.8) is 0 Å². The molecule has 0 aromatic heterocycles. The number of aliphatic hydroxyl groups is 1. The average molecular weight is 236 g/mol. The van der Waals surface area contributed by atoms with Crippen LogP contribution >= 0.6 is 11.6 Å². The number of alkyl halides is 1. The molecule has 0 spiro atoms. The standard InChI is InChI=1S/C11H22ClNO2/c1-4-11(5-2,8-14)7-13-10(15)9(3)6-12/h9,14H,4-8H2,1-3H3,(H,13,15). The Balaban J connectivity index is 4.16. The van der Waals surface area contributed by atoms with Crippen molar-refractivity contribution in [2.45, 2.75) is 33.6 Å². The van der Waals surface area contributed by atoms with Gasteiger partial charge in [-0.15, -0.1) is 11.6 Å². The molecule has 3 nitrogen and oxygen atoms in total. The molecule has 0 heterocycles. The Hall–Kier alpha value is -0.280. The predicted molar refractivity (Wildman–Crippen MR) is 63.0 cm³/mol. The first-order valence-electron chi connectivity index (χ1n) is 5.49. The molecule has 0 fully saturated rings. The molecular formula is C11H22ClNO2. The number of hydrogen-bond donors (Lipinski definition) is 2. The third-order valence-electron chi connectivity index (χ3n) is 3.15. The molecule has 0 aliphatic carbocycles. The summed E-state index contributed by atoms with van der Waals surface area (Å²) in [7, 11) is 0. The maximum absolute atomic E-state index is 11.5. The van der Waals surface area contributed by atoms with Crippen molar-refractivity contribution in [3.05, 3.63) is 0 Å². The van der Waals surface area contributed by atoms with Crippen LogP contribution in [0.1, 0.15) is 33.6 Å². The van der Waals surface area contributed by atoms with Crippen molar-refractivity contribution < 1.29 is 9.90 Å². The van der Waals surface area contributed by atoms with Crippen molar-refractivity contribution in [1.82, 2.24) is 5.32 Å². The first-order chi connectivity index (χ1) is 7.05. The van der Waals surface area contributed by atoms with Crippen LogP contribution in [-0.4, -0.2) is 30.0 Å². The van der Waals surface area contributed by atoms with E-state index in [1.165, 1.54) is 0 Å². The number of carbonyl (C=O) groups excluding carboxylic acids is 1. The summed E-state index contributed by atoms with van der Waals surface area (Å²) in [6.45, 7) is 6.47. The molecule has 0 rings (SSSR count). The summed E-state index contributed by atoms with van der Waals surface area (Å²) in [6.07, 6.45) is 1.71. The highest BCUT2D eigenvalue weighted by Gasteiger charge is 2.26. The number of carbonyl (C=O) groups is 1. The summed E-state index contributed by atoms with van der Waals surface area (Å²) < 4.78 is 0. The Morgan fingerprint density at radius 3 is 2.33 bits per heavy atom. The van der Waals surface area contributed by atoms with E-state index in [9.17, 15) is 9.90 Å². The van der Waals surface area contributed by atoms with Crippen LogP contribution in [0.3, 0.4) is 0 Å². The molecule has 0 bridgehead atoms. The van der Waals surface area contributed by atoms with Gasteiger partial charge in [0.25, 0.3) is 0 Å². The summed E-state index contributed by atoms with van der Waals surface area (Å²) >= 11 is 5.59. The monoisotopic (exact) mass is 235 g/mol. The average Bonchev–Trinajstić information content (AvgIpc) is 2.30. The highest BCUT2D eigenvalue weighted by atomic mass is 35.5. The van der Waals surface area contributed by atoms with E-state index in [1.54, 1.807) is 6.92 Å². The molecule has 0 aromatic carbocycles. The largest absolute Gasteiger partial charge is 0.396 e. The van der Waals surface area contributed by atoms with Gasteiger partial charge in [-0.2, -0.15) is 0 Å². The van der Waals surface area contributed by atoms with Gasteiger partial charge in [0.2, 0.25) is 5.91 Å². The highest BCUT2D eigenvalue weighted by molar-refractivity contribution is 6.19. The SMILES string of the molecule is CCC(CC)(CO)CNC(=O)C(C)CCl. The predicted octanol–water partition coefficient (Wildman–Crippen LogP) is 1.78. The minimum atomic E-state index is -0.179. The maximum Gasteiger partial charge on any atom is 0.224 e.